The molecule has 8 nitrogen and oxygen atoms in total. The van der Waals surface area contributed by atoms with Crippen LogP contribution >= 0.6 is 0 Å². The van der Waals surface area contributed by atoms with E-state index in [1.807, 2.05) is 24.3 Å². The van der Waals surface area contributed by atoms with E-state index in [9.17, 15) is 13.5 Å². The van der Waals surface area contributed by atoms with Crippen LogP contribution in [0.25, 0.3) is 16.9 Å². The summed E-state index contributed by atoms with van der Waals surface area (Å²) in [4.78, 5) is 0. The first-order valence-corrected chi connectivity index (χ1v) is 8.37. The molecule has 0 radical (unpaired) electrons. The summed E-state index contributed by atoms with van der Waals surface area (Å²) in [7, 11) is -4.05. The largest absolute Gasteiger partial charge is 0.392 e. The van der Waals surface area contributed by atoms with Gasteiger partial charge in [-0.25, -0.2) is 4.68 Å². The first kappa shape index (κ1) is 16.1. The van der Waals surface area contributed by atoms with E-state index in [0.29, 0.717) is 5.69 Å². The minimum atomic E-state index is -4.05. The molecule has 1 aromatic heterocycles. The van der Waals surface area contributed by atoms with Gasteiger partial charge in [0.05, 0.1) is 18.5 Å². The van der Waals surface area contributed by atoms with Crippen molar-refractivity contribution < 1.29 is 17.7 Å². The molecule has 0 fully saturated rings. The molecule has 9 heteroatoms. The molecule has 0 unspecified atom stereocenters. The quantitative estimate of drug-likeness (QED) is 0.711. The highest BCUT2D eigenvalue weighted by Crippen LogP contribution is 2.22. The predicted molar refractivity (Wildman–Crippen MR) is 86.5 cm³/mol. The Labute approximate surface area is 138 Å². The highest BCUT2D eigenvalue weighted by molar-refractivity contribution is 7.84. The van der Waals surface area contributed by atoms with Crippen LogP contribution in [0.4, 0.5) is 0 Å². The number of aliphatic hydroxyl groups excluding tert-OH is 1. The summed E-state index contributed by atoms with van der Waals surface area (Å²) in [5.74, 6) is 0.115. The fourth-order valence-corrected chi connectivity index (χ4v) is 2.51. The minimum absolute atomic E-state index is 0.0547. The second-order valence-electron chi connectivity index (χ2n) is 4.98. The number of hydrogen-bond donors (Lipinski definition) is 2. The van der Waals surface area contributed by atoms with E-state index in [1.165, 1.54) is 12.1 Å². The van der Waals surface area contributed by atoms with Crippen molar-refractivity contribution in [2.45, 2.75) is 6.61 Å². The second-order valence-corrected chi connectivity index (χ2v) is 6.13. The van der Waals surface area contributed by atoms with Gasteiger partial charge in [0, 0.05) is 5.56 Å². The van der Waals surface area contributed by atoms with Gasteiger partial charge in [0.2, 0.25) is 0 Å². The topological polar surface area (TPSA) is 120 Å². The first-order chi connectivity index (χ1) is 11.4. The van der Waals surface area contributed by atoms with Gasteiger partial charge in [-0.1, -0.05) is 17.3 Å². The van der Waals surface area contributed by atoms with Gasteiger partial charge in [0.15, 0.2) is 0 Å². The Kier molecular flexibility index (Phi) is 4.30. The van der Waals surface area contributed by atoms with E-state index in [2.05, 4.69) is 14.5 Å². The third kappa shape index (κ3) is 3.77. The van der Waals surface area contributed by atoms with Crippen LogP contribution in [0.2, 0.25) is 0 Å². The third-order valence-electron chi connectivity index (χ3n) is 3.21. The molecule has 24 heavy (non-hydrogen) atoms. The van der Waals surface area contributed by atoms with Crippen molar-refractivity contribution in [1.82, 2.24) is 15.0 Å². The maximum Gasteiger partial charge on any atom is 0.380 e. The van der Waals surface area contributed by atoms with Gasteiger partial charge in [-0.2, -0.15) is 13.6 Å². The Bertz CT molecular complexity index is 952. The number of nitrogens with zero attached hydrogens (tertiary/aromatic N) is 3. The molecule has 2 aromatic carbocycles. The average Bonchev–Trinajstić information content (AvgIpc) is 3.04. The van der Waals surface area contributed by atoms with Gasteiger partial charge in [-0.05, 0) is 42.0 Å². The zero-order valence-electron chi connectivity index (χ0n) is 12.4. The van der Waals surface area contributed by atoms with E-state index in [0.717, 1.165) is 16.8 Å². The number of hydrogen-bond acceptors (Lipinski definition) is 6. The van der Waals surface area contributed by atoms with Crippen LogP contribution < -0.4 is 9.32 Å². The fourth-order valence-electron chi connectivity index (χ4n) is 2.13. The molecule has 124 valence electrons. The molecule has 0 saturated carbocycles. The number of rotatable bonds is 5. The maximum atomic E-state index is 10.9. The number of aliphatic hydroxyl groups is 1. The van der Waals surface area contributed by atoms with Crippen molar-refractivity contribution in [3.05, 3.63) is 60.3 Å². The summed E-state index contributed by atoms with van der Waals surface area (Å²) < 4.78 is 27.9. The zero-order chi connectivity index (χ0) is 17.2. The van der Waals surface area contributed by atoms with Crippen LogP contribution in [0.1, 0.15) is 5.56 Å². The van der Waals surface area contributed by atoms with Crippen molar-refractivity contribution in [2.75, 3.05) is 0 Å². The van der Waals surface area contributed by atoms with E-state index < -0.39 is 10.3 Å². The van der Waals surface area contributed by atoms with Crippen molar-refractivity contribution in [3.8, 4) is 22.7 Å². The van der Waals surface area contributed by atoms with Crippen LogP contribution in [0.15, 0.2) is 54.7 Å². The lowest BCUT2D eigenvalue weighted by Gasteiger charge is -2.03. The number of aromatic nitrogens is 3. The lowest BCUT2D eigenvalue weighted by Crippen LogP contribution is -2.18. The molecule has 3 rings (SSSR count). The zero-order valence-corrected chi connectivity index (χ0v) is 13.2. The molecule has 0 aliphatic heterocycles. The standard InChI is InChI=1S/C15H14N4O4S/c16-24(21,22)23-14-6-4-12(5-7-14)15-9-19(18-17-15)13-3-1-2-11(8-13)10-20/h1-9,20H,10H2,(H2,16,21,22). The number of nitrogens with two attached hydrogens (primary N) is 1. The third-order valence-corrected chi connectivity index (χ3v) is 3.64. The SMILES string of the molecule is NS(=O)(=O)Oc1ccc(-c2cn(-c3cccc(CO)c3)nn2)cc1. The molecule has 1 heterocycles. The molecule has 0 bridgehead atoms. The Balaban J connectivity index is 1.85. The molecular formula is C15H14N4O4S. The molecule has 0 saturated heterocycles. The molecule has 0 aliphatic rings. The second kappa shape index (κ2) is 6.40. The van der Waals surface area contributed by atoms with E-state index in [1.54, 1.807) is 23.0 Å². The maximum absolute atomic E-state index is 10.9. The van der Waals surface area contributed by atoms with Crippen LogP contribution in [0.5, 0.6) is 5.75 Å². The minimum Gasteiger partial charge on any atom is -0.392 e. The average molecular weight is 346 g/mol. The normalized spacial score (nSPS) is 11.4. The Morgan fingerprint density at radius 3 is 2.58 bits per heavy atom. The van der Waals surface area contributed by atoms with E-state index in [-0.39, 0.29) is 12.4 Å². The smallest absolute Gasteiger partial charge is 0.380 e. The van der Waals surface area contributed by atoms with E-state index >= 15 is 0 Å². The van der Waals surface area contributed by atoms with Crippen LogP contribution in [-0.2, 0) is 16.9 Å². The number of benzene rings is 2. The fraction of sp³-hybridized carbons (Fsp3) is 0.0667. The molecule has 3 N–H and O–H groups in total. The summed E-state index contributed by atoms with van der Waals surface area (Å²) in [6.07, 6.45) is 1.73. The van der Waals surface area contributed by atoms with Gasteiger partial charge in [0.25, 0.3) is 0 Å². The van der Waals surface area contributed by atoms with Gasteiger partial charge in [-0.3, -0.25) is 0 Å². The summed E-state index contributed by atoms with van der Waals surface area (Å²) in [6.45, 7) is -0.0547. The molecule has 0 aliphatic carbocycles. The van der Waals surface area contributed by atoms with Crippen molar-refractivity contribution in [1.29, 1.82) is 0 Å². The predicted octanol–water partition coefficient (Wildman–Crippen LogP) is 1.01. The lowest BCUT2D eigenvalue weighted by atomic mass is 10.1. The Morgan fingerprint density at radius 1 is 1.17 bits per heavy atom. The summed E-state index contributed by atoms with van der Waals surface area (Å²) in [5.41, 5.74) is 2.89. The molecular weight excluding hydrogens is 332 g/mol. The van der Waals surface area contributed by atoms with Crippen molar-refractivity contribution in [3.63, 3.8) is 0 Å². The van der Waals surface area contributed by atoms with Gasteiger partial charge in [-0.15, -0.1) is 5.10 Å². The highest BCUT2D eigenvalue weighted by Gasteiger charge is 2.08. The van der Waals surface area contributed by atoms with Gasteiger partial charge in [0.1, 0.15) is 11.4 Å². The highest BCUT2D eigenvalue weighted by atomic mass is 32.2. The Hall–Kier alpha value is -2.75. The molecule has 0 amide bonds. The van der Waals surface area contributed by atoms with Gasteiger partial charge >= 0.3 is 10.3 Å². The summed E-state index contributed by atoms with van der Waals surface area (Å²) in [5, 5.41) is 22.2. The van der Waals surface area contributed by atoms with Crippen LogP contribution in [0, 0.1) is 0 Å². The summed E-state index contributed by atoms with van der Waals surface area (Å²) in [6, 6.07) is 13.5. The van der Waals surface area contributed by atoms with E-state index in [4.69, 9.17) is 5.14 Å². The Morgan fingerprint density at radius 2 is 1.92 bits per heavy atom. The summed E-state index contributed by atoms with van der Waals surface area (Å²) >= 11 is 0. The first-order valence-electron chi connectivity index (χ1n) is 6.90. The lowest BCUT2D eigenvalue weighted by molar-refractivity contribution is 0.282. The molecule has 0 atom stereocenters. The van der Waals surface area contributed by atoms with Crippen molar-refractivity contribution >= 4 is 10.3 Å². The molecule has 0 spiro atoms. The molecule has 3 aromatic rings. The van der Waals surface area contributed by atoms with Crippen LogP contribution in [-0.4, -0.2) is 28.5 Å². The monoisotopic (exact) mass is 346 g/mol. The van der Waals surface area contributed by atoms with Crippen LogP contribution in [0.3, 0.4) is 0 Å². The van der Waals surface area contributed by atoms with Gasteiger partial charge < -0.3 is 9.29 Å². The van der Waals surface area contributed by atoms with Crippen molar-refractivity contribution in [2.24, 2.45) is 5.14 Å².